The average Bonchev–Trinajstić information content (AvgIpc) is 2.48. The Hall–Kier alpha value is -2.74. The number of nitrogens with zero attached hydrogens (tertiary/aromatic N) is 1. The Labute approximate surface area is 127 Å². The van der Waals surface area contributed by atoms with Crippen molar-refractivity contribution < 1.29 is 24.2 Å². The summed E-state index contributed by atoms with van der Waals surface area (Å²) in [6.07, 6.45) is 0.991. The number of benzene rings is 1. The highest BCUT2D eigenvalue weighted by Crippen LogP contribution is 2.01. The second-order valence-electron chi connectivity index (χ2n) is 4.22. The molecular weight excluding hydrogens is 290 g/mol. The van der Waals surface area contributed by atoms with E-state index in [1.807, 2.05) is 0 Å². The number of carbonyl (C=O) groups excluding carboxylic acids is 3. The smallest absolute Gasteiger partial charge is 0.249 e. The lowest BCUT2D eigenvalue weighted by Gasteiger charge is -2.03. The van der Waals surface area contributed by atoms with Gasteiger partial charge in [0.15, 0.2) is 0 Å². The van der Waals surface area contributed by atoms with Crippen molar-refractivity contribution in [2.24, 2.45) is 5.10 Å². The number of hydrazone groups is 1. The fourth-order valence-electron chi connectivity index (χ4n) is 1.42. The molecule has 8 nitrogen and oxygen atoms in total. The van der Waals surface area contributed by atoms with E-state index in [0.29, 0.717) is 18.7 Å². The molecule has 2 amide bonds. The first-order valence-corrected chi connectivity index (χ1v) is 6.42. The molecule has 22 heavy (non-hydrogen) atoms. The highest BCUT2D eigenvalue weighted by Gasteiger charge is 2.07. The Kier molecular flexibility index (Phi) is 7.27. The van der Waals surface area contributed by atoms with Crippen molar-refractivity contribution in [3.63, 3.8) is 0 Å². The largest absolute Gasteiger partial charge is 0.545 e. The number of carboxylic acids is 1. The standard InChI is InChI=1S/C14H17N3O5/c1-22-7-6-15-12(18)8-13(19)17-16-9-10-2-4-11(5-3-10)14(20)21/h2-5,9H,6-8H2,1H3,(H,15,18)(H,17,19)(H,20,21)/p-1/b16-9-. The maximum atomic E-state index is 11.4. The first kappa shape index (κ1) is 17.3. The third-order valence-electron chi connectivity index (χ3n) is 2.50. The van der Waals surface area contributed by atoms with Gasteiger partial charge in [-0.05, 0) is 11.1 Å². The van der Waals surface area contributed by atoms with E-state index in [-0.39, 0.29) is 12.0 Å². The summed E-state index contributed by atoms with van der Waals surface area (Å²) in [5, 5.41) is 16.7. The summed E-state index contributed by atoms with van der Waals surface area (Å²) in [7, 11) is 1.51. The number of hydrogen-bond acceptors (Lipinski definition) is 6. The number of nitrogens with one attached hydrogen (secondary N) is 2. The van der Waals surface area contributed by atoms with Gasteiger partial charge in [0.2, 0.25) is 11.8 Å². The van der Waals surface area contributed by atoms with Crippen molar-refractivity contribution in [1.82, 2.24) is 10.7 Å². The van der Waals surface area contributed by atoms with Gasteiger partial charge in [-0.25, -0.2) is 5.43 Å². The lowest BCUT2D eigenvalue weighted by Crippen LogP contribution is -2.31. The van der Waals surface area contributed by atoms with E-state index >= 15 is 0 Å². The molecule has 1 rings (SSSR count). The third kappa shape index (κ3) is 6.62. The number of methoxy groups -OCH3 is 1. The zero-order valence-corrected chi connectivity index (χ0v) is 12.0. The SMILES string of the molecule is COCCNC(=O)CC(=O)N/N=C\c1ccc(C(=O)[O-])cc1. The Balaban J connectivity index is 2.36. The minimum Gasteiger partial charge on any atom is -0.545 e. The summed E-state index contributed by atoms with van der Waals surface area (Å²) in [5.74, 6) is -2.25. The second kappa shape index (κ2) is 9.24. The molecule has 0 aliphatic heterocycles. The number of carboxylic acid groups (broad SMARTS) is 1. The molecular formula is C14H16N3O5-. The van der Waals surface area contributed by atoms with E-state index in [0.717, 1.165) is 0 Å². The number of carbonyl (C=O) groups is 3. The molecule has 0 bridgehead atoms. The van der Waals surface area contributed by atoms with Crippen molar-refractivity contribution in [3.8, 4) is 0 Å². The molecule has 0 aliphatic rings. The third-order valence-corrected chi connectivity index (χ3v) is 2.50. The fraction of sp³-hybridized carbons (Fsp3) is 0.286. The maximum absolute atomic E-state index is 11.4. The summed E-state index contributed by atoms with van der Waals surface area (Å²) >= 11 is 0. The van der Waals surface area contributed by atoms with Gasteiger partial charge in [-0.3, -0.25) is 9.59 Å². The molecule has 0 unspecified atom stereocenters. The van der Waals surface area contributed by atoms with Gasteiger partial charge >= 0.3 is 0 Å². The van der Waals surface area contributed by atoms with Gasteiger partial charge in [0, 0.05) is 13.7 Å². The van der Waals surface area contributed by atoms with Gasteiger partial charge in [0.1, 0.15) is 6.42 Å². The summed E-state index contributed by atoms with van der Waals surface area (Å²) in [6.45, 7) is 0.698. The van der Waals surface area contributed by atoms with Crippen LogP contribution in [0.5, 0.6) is 0 Å². The minimum atomic E-state index is -1.27. The normalized spacial score (nSPS) is 10.4. The van der Waals surface area contributed by atoms with Gasteiger partial charge in [0.05, 0.1) is 18.8 Å². The van der Waals surface area contributed by atoms with Crippen molar-refractivity contribution in [1.29, 1.82) is 0 Å². The zero-order valence-electron chi connectivity index (χ0n) is 12.0. The molecule has 0 heterocycles. The van der Waals surface area contributed by atoms with Crippen LogP contribution < -0.4 is 15.8 Å². The zero-order chi connectivity index (χ0) is 16.4. The van der Waals surface area contributed by atoms with Crippen LogP contribution in [0.3, 0.4) is 0 Å². The minimum absolute atomic E-state index is 0.0499. The monoisotopic (exact) mass is 306 g/mol. The molecule has 0 spiro atoms. The van der Waals surface area contributed by atoms with Crippen LogP contribution in [0, 0.1) is 0 Å². The predicted octanol–water partition coefficient (Wildman–Crippen LogP) is -1.35. The molecule has 0 atom stereocenters. The van der Waals surface area contributed by atoms with Crippen molar-refractivity contribution in [2.75, 3.05) is 20.3 Å². The van der Waals surface area contributed by atoms with E-state index in [9.17, 15) is 19.5 Å². The Bertz CT molecular complexity index is 554. The number of amides is 2. The van der Waals surface area contributed by atoms with Gasteiger partial charge in [-0.1, -0.05) is 24.3 Å². The summed E-state index contributed by atoms with van der Waals surface area (Å²) < 4.78 is 4.75. The topological polar surface area (TPSA) is 120 Å². The second-order valence-corrected chi connectivity index (χ2v) is 4.22. The van der Waals surface area contributed by atoms with Crippen LogP contribution in [0.15, 0.2) is 29.4 Å². The van der Waals surface area contributed by atoms with Crippen LogP contribution in [-0.2, 0) is 14.3 Å². The van der Waals surface area contributed by atoms with E-state index in [1.54, 1.807) is 0 Å². The first-order chi connectivity index (χ1) is 10.5. The van der Waals surface area contributed by atoms with E-state index in [4.69, 9.17) is 4.74 Å². The fourth-order valence-corrected chi connectivity index (χ4v) is 1.42. The first-order valence-electron chi connectivity index (χ1n) is 6.42. The van der Waals surface area contributed by atoms with Crippen LogP contribution in [0.25, 0.3) is 0 Å². The van der Waals surface area contributed by atoms with Crippen LogP contribution in [0.4, 0.5) is 0 Å². The van der Waals surface area contributed by atoms with Crippen molar-refractivity contribution >= 4 is 24.0 Å². The number of ether oxygens (including phenoxy) is 1. The quantitative estimate of drug-likeness (QED) is 0.266. The van der Waals surface area contributed by atoms with Crippen LogP contribution >= 0.6 is 0 Å². The lowest BCUT2D eigenvalue weighted by atomic mass is 10.1. The molecule has 8 heteroatoms. The Morgan fingerprint density at radius 2 is 1.91 bits per heavy atom. The molecule has 1 aromatic carbocycles. The van der Waals surface area contributed by atoms with Gasteiger partial charge in [0.25, 0.3) is 0 Å². The molecule has 0 radical (unpaired) electrons. The molecule has 0 aliphatic carbocycles. The molecule has 2 N–H and O–H groups in total. The predicted molar refractivity (Wildman–Crippen MR) is 76.0 cm³/mol. The molecule has 118 valence electrons. The molecule has 0 fully saturated rings. The summed E-state index contributed by atoms with van der Waals surface area (Å²) in [4.78, 5) is 33.3. The molecule has 0 saturated heterocycles. The van der Waals surface area contributed by atoms with E-state index < -0.39 is 17.8 Å². The molecule has 0 saturated carbocycles. The average molecular weight is 306 g/mol. The van der Waals surface area contributed by atoms with Crippen molar-refractivity contribution in [3.05, 3.63) is 35.4 Å². The highest BCUT2D eigenvalue weighted by atomic mass is 16.5. The van der Waals surface area contributed by atoms with Crippen LogP contribution in [-0.4, -0.2) is 44.3 Å². The Morgan fingerprint density at radius 1 is 1.23 bits per heavy atom. The van der Waals surface area contributed by atoms with E-state index in [2.05, 4.69) is 15.8 Å². The van der Waals surface area contributed by atoms with Gasteiger partial charge in [-0.2, -0.15) is 5.10 Å². The molecule has 0 aromatic heterocycles. The highest BCUT2D eigenvalue weighted by molar-refractivity contribution is 5.97. The number of rotatable bonds is 8. The van der Waals surface area contributed by atoms with Crippen LogP contribution in [0.1, 0.15) is 22.3 Å². The number of hydrogen-bond donors (Lipinski definition) is 2. The lowest BCUT2D eigenvalue weighted by molar-refractivity contribution is -0.255. The number of aromatic carboxylic acids is 1. The van der Waals surface area contributed by atoms with Crippen LogP contribution in [0.2, 0.25) is 0 Å². The van der Waals surface area contributed by atoms with E-state index in [1.165, 1.54) is 37.6 Å². The van der Waals surface area contributed by atoms with Crippen molar-refractivity contribution in [2.45, 2.75) is 6.42 Å². The Morgan fingerprint density at radius 3 is 2.50 bits per heavy atom. The maximum Gasteiger partial charge on any atom is 0.249 e. The summed E-state index contributed by atoms with van der Waals surface area (Å²) in [6, 6.07) is 5.75. The molecule has 1 aromatic rings. The van der Waals surface area contributed by atoms with Gasteiger partial charge < -0.3 is 20.0 Å². The van der Waals surface area contributed by atoms with Gasteiger partial charge in [-0.15, -0.1) is 0 Å². The summed E-state index contributed by atoms with van der Waals surface area (Å²) in [5.41, 5.74) is 2.84.